The van der Waals surface area contributed by atoms with E-state index in [0.717, 1.165) is 27.1 Å². The molecule has 3 heterocycles. The van der Waals surface area contributed by atoms with Crippen LogP contribution in [0.3, 0.4) is 0 Å². The molecule has 2 aromatic carbocycles. The van der Waals surface area contributed by atoms with E-state index in [2.05, 4.69) is 23.3 Å². The van der Waals surface area contributed by atoms with E-state index < -0.39 is 5.97 Å². The maximum Gasteiger partial charge on any atom is 0.341 e. The fourth-order valence-corrected chi connectivity index (χ4v) is 5.90. The summed E-state index contributed by atoms with van der Waals surface area (Å²) >= 11 is 2.82. The first-order valence-electron chi connectivity index (χ1n) is 11.4. The average molecular weight is 521 g/mol. The van der Waals surface area contributed by atoms with E-state index in [1.54, 1.807) is 0 Å². The number of hydrogen-bond acceptors (Lipinski definition) is 8. The molecule has 0 spiro atoms. The van der Waals surface area contributed by atoms with Crippen LogP contribution in [0, 0.1) is 6.92 Å². The number of carbonyl (C=O) groups is 2. The molecule has 4 aromatic rings. The Labute approximate surface area is 216 Å². The number of pyridine rings is 1. The monoisotopic (exact) mass is 520 g/mol. The Morgan fingerprint density at radius 3 is 2.75 bits per heavy atom. The van der Waals surface area contributed by atoms with Crippen molar-refractivity contribution in [2.75, 3.05) is 31.4 Å². The number of esters is 1. The lowest BCUT2D eigenvalue weighted by molar-refractivity contribution is -0.115. The Hall–Kier alpha value is -3.56. The first-order valence-corrected chi connectivity index (χ1v) is 13.3. The molecular formula is C27H24N2O5S2. The van der Waals surface area contributed by atoms with E-state index >= 15 is 0 Å². The van der Waals surface area contributed by atoms with Gasteiger partial charge >= 0.3 is 5.97 Å². The molecule has 0 unspecified atom stereocenters. The largest absolute Gasteiger partial charge is 0.486 e. The minimum atomic E-state index is -0.512. The summed E-state index contributed by atoms with van der Waals surface area (Å²) < 4.78 is 16.3. The lowest BCUT2D eigenvalue weighted by Crippen LogP contribution is -2.15. The van der Waals surface area contributed by atoms with E-state index in [0.29, 0.717) is 46.6 Å². The van der Waals surface area contributed by atoms with Crippen molar-refractivity contribution in [3.8, 4) is 22.6 Å². The predicted molar refractivity (Wildman–Crippen MR) is 143 cm³/mol. The number of aromatic nitrogens is 1. The summed E-state index contributed by atoms with van der Waals surface area (Å²) in [5.74, 6) is 1.16. The van der Waals surface area contributed by atoms with E-state index in [9.17, 15) is 9.59 Å². The number of para-hydroxylation sites is 1. The van der Waals surface area contributed by atoms with Crippen LogP contribution in [-0.4, -0.2) is 42.9 Å². The molecule has 7 nitrogen and oxygen atoms in total. The molecule has 184 valence electrons. The van der Waals surface area contributed by atoms with Gasteiger partial charge in [-0.1, -0.05) is 24.3 Å². The second-order valence-electron chi connectivity index (χ2n) is 8.14. The van der Waals surface area contributed by atoms with Gasteiger partial charge in [0.1, 0.15) is 23.8 Å². The fourth-order valence-electron chi connectivity index (χ4n) is 4.01. The highest BCUT2D eigenvalue weighted by atomic mass is 32.2. The van der Waals surface area contributed by atoms with Crippen LogP contribution in [0.2, 0.25) is 0 Å². The zero-order valence-corrected chi connectivity index (χ0v) is 21.5. The highest BCUT2D eigenvalue weighted by Crippen LogP contribution is 2.40. The van der Waals surface area contributed by atoms with Gasteiger partial charge in [0.2, 0.25) is 5.91 Å². The van der Waals surface area contributed by atoms with Crippen molar-refractivity contribution in [1.29, 1.82) is 0 Å². The van der Waals surface area contributed by atoms with Gasteiger partial charge in [0, 0.05) is 28.5 Å². The van der Waals surface area contributed by atoms with Gasteiger partial charge in [-0.3, -0.25) is 4.79 Å². The highest BCUT2D eigenvalue weighted by Gasteiger charge is 2.23. The predicted octanol–water partition coefficient (Wildman–Crippen LogP) is 5.95. The molecule has 1 N–H and O–H groups in total. The molecule has 0 radical (unpaired) electrons. The molecule has 1 aliphatic rings. The molecule has 5 rings (SSSR count). The highest BCUT2D eigenvalue weighted by molar-refractivity contribution is 7.99. The van der Waals surface area contributed by atoms with Crippen LogP contribution in [-0.2, 0) is 9.53 Å². The molecule has 0 aliphatic carbocycles. The van der Waals surface area contributed by atoms with Crippen molar-refractivity contribution in [3.63, 3.8) is 0 Å². The summed E-state index contributed by atoms with van der Waals surface area (Å²) in [7, 11) is 1.33. The number of benzene rings is 2. The molecule has 36 heavy (non-hydrogen) atoms. The van der Waals surface area contributed by atoms with Crippen molar-refractivity contribution < 1.29 is 23.8 Å². The number of anilines is 1. The summed E-state index contributed by atoms with van der Waals surface area (Å²) in [4.78, 5) is 30.1. The molecule has 0 saturated heterocycles. The summed E-state index contributed by atoms with van der Waals surface area (Å²) in [6.07, 6.45) is 0.274. The number of aryl methyl sites for hydroxylation is 1. The Bertz CT molecular complexity index is 1450. The van der Waals surface area contributed by atoms with Crippen LogP contribution in [0.15, 0.2) is 58.9 Å². The third-order valence-corrected chi connectivity index (χ3v) is 7.57. The second-order valence-corrected chi connectivity index (χ2v) is 10.1. The molecule has 0 fully saturated rings. The van der Waals surface area contributed by atoms with Crippen LogP contribution in [0.25, 0.3) is 22.0 Å². The number of amides is 1. The lowest BCUT2D eigenvalue weighted by atomic mass is 10.0. The lowest BCUT2D eigenvalue weighted by Gasteiger charge is -2.19. The van der Waals surface area contributed by atoms with Crippen molar-refractivity contribution in [3.05, 3.63) is 65.0 Å². The third kappa shape index (κ3) is 5.03. The molecule has 0 saturated carbocycles. The summed E-state index contributed by atoms with van der Waals surface area (Å²) in [6, 6.07) is 15.6. The number of ether oxygens (including phenoxy) is 3. The Morgan fingerprint density at radius 2 is 1.92 bits per heavy atom. The third-order valence-electron chi connectivity index (χ3n) is 5.77. The molecule has 2 aromatic heterocycles. The van der Waals surface area contributed by atoms with Crippen LogP contribution >= 0.6 is 23.1 Å². The number of hydrogen-bond donors (Lipinski definition) is 1. The van der Waals surface area contributed by atoms with Gasteiger partial charge in [-0.25, -0.2) is 9.78 Å². The second kappa shape index (κ2) is 10.6. The SMILES string of the molecule is COC(=O)c1c(-c2ccc3c(c2)OCCO3)csc1NC(=O)CCSc1cc(C)c2ccccc2n1. The molecule has 1 aliphatic heterocycles. The maximum atomic E-state index is 12.8. The van der Waals surface area contributed by atoms with Gasteiger partial charge in [-0.15, -0.1) is 23.1 Å². The zero-order chi connectivity index (χ0) is 25.1. The van der Waals surface area contributed by atoms with Gasteiger partial charge in [0.25, 0.3) is 0 Å². The fraction of sp³-hybridized carbons (Fsp3) is 0.222. The van der Waals surface area contributed by atoms with Crippen LogP contribution in [0.1, 0.15) is 22.3 Å². The topological polar surface area (TPSA) is 86.8 Å². The molecule has 0 atom stereocenters. The number of rotatable bonds is 7. The number of fused-ring (bicyclic) bond motifs is 2. The van der Waals surface area contributed by atoms with E-state index in [-0.39, 0.29) is 12.3 Å². The van der Waals surface area contributed by atoms with Crippen molar-refractivity contribution in [1.82, 2.24) is 4.98 Å². The molecular weight excluding hydrogens is 496 g/mol. The minimum absolute atomic E-state index is 0.180. The van der Waals surface area contributed by atoms with Gasteiger partial charge in [0.05, 0.1) is 17.7 Å². The van der Waals surface area contributed by atoms with Gasteiger partial charge < -0.3 is 19.5 Å². The standard InChI is InChI=1S/C27H24N2O5S2/c1-16-13-24(28-20-6-4-3-5-18(16)20)35-12-9-23(30)29-26-25(27(31)32-2)19(15-36-26)17-7-8-21-22(14-17)34-11-10-33-21/h3-8,13-15H,9-12H2,1-2H3,(H,29,30). The van der Waals surface area contributed by atoms with E-state index in [1.807, 2.05) is 47.8 Å². The normalized spacial score (nSPS) is 12.4. The Balaban J connectivity index is 1.29. The van der Waals surface area contributed by atoms with Crippen LogP contribution in [0.4, 0.5) is 5.00 Å². The van der Waals surface area contributed by atoms with Gasteiger partial charge in [0.15, 0.2) is 11.5 Å². The number of nitrogens with zero attached hydrogens (tertiary/aromatic N) is 1. The molecule has 1 amide bonds. The number of methoxy groups -OCH3 is 1. The van der Waals surface area contributed by atoms with Crippen LogP contribution < -0.4 is 14.8 Å². The molecule has 9 heteroatoms. The first kappa shape index (κ1) is 24.1. The smallest absolute Gasteiger partial charge is 0.341 e. The van der Waals surface area contributed by atoms with Gasteiger partial charge in [-0.2, -0.15) is 0 Å². The Morgan fingerprint density at radius 1 is 1.11 bits per heavy atom. The summed E-state index contributed by atoms with van der Waals surface area (Å²) in [5, 5.41) is 7.20. The number of thiophene rings is 1. The zero-order valence-electron chi connectivity index (χ0n) is 19.8. The first-order chi connectivity index (χ1) is 17.5. The quantitative estimate of drug-likeness (QED) is 0.238. The van der Waals surface area contributed by atoms with Gasteiger partial charge in [-0.05, 0) is 42.3 Å². The number of nitrogens with one attached hydrogen (secondary N) is 1. The summed E-state index contributed by atoms with van der Waals surface area (Å²) in [6.45, 7) is 3.03. The number of thioether (sulfide) groups is 1. The van der Waals surface area contributed by atoms with Crippen LogP contribution in [0.5, 0.6) is 11.5 Å². The van der Waals surface area contributed by atoms with Crippen molar-refractivity contribution in [2.24, 2.45) is 0 Å². The average Bonchev–Trinajstić information content (AvgIpc) is 3.31. The maximum absolute atomic E-state index is 12.8. The Kier molecular flexibility index (Phi) is 7.11. The summed E-state index contributed by atoms with van der Waals surface area (Å²) in [5.41, 5.74) is 3.87. The number of carbonyl (C=O) groups excluding carboxylic acids is 2. The minimum Gasteiger partial charge on any atom is -0.486 e. The van der Waals surface area contributed by atoms with E-state index in [1.165, 1.54) is 30.2 Å². The van der Waals surface area contributed by atoms with Crippen molar-refractivity contribution in [2.45, 2.75) is 18.4 Å². The molecule has 0 bridgehead atoms. The van der Waals surface area contributed by atoms with Crippen molar-refractivity contribution >= 4 is 50.9 Å². The van der Waals surface area contributed by atoms with E-state index in [4.69, 9.17) is 14.2 Å².